The van der Waals surface area contributed by atoms with Crippen molar-refractivity contribution in [1.29, 1.82) is 0 Å². The van der Waals surface area contributed by atoms with Gasteiger partial charge in [-0.15, -0.1) is 0 Å². The topological polar surface area (TPSA) is 40.6 Å². The fraction of sp³-hybridized carbons (Fsp3) is 0.905. The molecule has 6 heteroatoms. The van der Waals surface area contributed by atoms with Crippen molar-refractivity contribution >= 4 is 35.5 Å². The highest BCUT2D eigenvalue weighted by atomic mass is 35.5. The Bertz CT molecular complexity index is 421. The second kappa shape index (κ2) is 15.4. The zero-order valence-corrected chi connectivity index (χ0v) is 18.6. The maximum absolute atomic E-state index is 11.8. The van der Waals surface area contributed by atoms with Gasteiger partial charge in [-0.25, -0.2) is 9.21 Å². The lowest BCUT2D eigenvalue weighted by Gasteiger charge is -2.12. The van der Waals surface area contributed by atoms with Crippen LogP contribution in [0.15, 0.2) is 0 Å². The lowest BCUT2D eigenvalue weighted by Crippen LogP contribution is -2.27. The Balaban J connectivity index is 1.82. The van der Waals surface area contributed by atoms with Gasteiger partial charge in [-0.1, -0.05) is 110 Å². The number of unbranched alkanes of at least 4 members (excludes halogenated alkanes) is 15. The molecule has 158 valence electrons. The molecule has 27 heavy (non-hydrogen) atoms. The Morgan fingerprint density at radius 3 is 1.37 bits per heavy atom. The van der Waals surface area contributed by atoms with Crippen LogP contribution in [0, 0.1) is 0 Å². The molecule has 0 bridgehead atoms. The van der Waals surface area contributed by atoms with Crippen molar-refractivity contribution in [3.05, 3.63) is 0 Å². The van der Waals surface area contributed by atoms with Crippen LogP contribution in [0.3, 0.4) is 0 Å². The summed E-state index contributed by atoms with van der Waals surface area (Å²) in [6.07, 6.45) is 21.6. The van der Waals surface area contributed by atoms with Crippen LogP contribution < -0.4 is 0 Å². The third kappa shape index (κ3) is 10.0. The first-order chi connectivity index (χ1) is 13.1. The average molecular weight is 421 g/mol. The highest BCUT2D eigenvalue weighted by Crippen LogP contribution is 2.25. The van der Waals surface area contributed by atoms with Crippen molar-refractivity contribution in [2.45, 2.75) is 122 Å². The van der Waals surface area contributed by atoms with E-state index in [1.807, 2.05) is 0 Å². The van der Waals surface area contributed by atoms with Crippen LogP contribution in [0.5, 0.6) is 0 Å². The van der Waals surface area contributed by atoms with Crippen LogP contribution in [-0.4, -0.2) is 26.8 Å². The van der Waals surface area contributed by atoms with Gasteiger partial charge in [0.15, 0.2) is 0 Å². The SMILES string of the molecule is CCCCCCCCCCCCCCCCCCC1C(=O)N(Cl)C(=O)N1Cl. The molecule has 0 aromatic carbocycles. The summed E-state index contributed by atoms with van der Waals surface area (Å²) >= 11 is 11.4. The smallest absolute Gasteiger partial charge is 0.271 e. The first-order valence-corrected chi connectivity index (χ1v) is 11.8. The van der Waals surface area contributed by atoms with Gasteiger partial charge in [-0.05, 0) is 6.42 Å². The standard InChI is InChI=1S/C21H38Cl2N2O2/c1-2-3-4-5-6-7-8-9-10-11-12-13-14-15-16-17-18-19-20(26)25(23)21(27)24(19)22/h19H,2-18H2,1H3. The summed E-state index contributed by atoms with van der Waals surface area (Å²) in [6, 6.07) is -1.23. The zero-order valence-electron chi connectivity index (χ0n) is 17.1. The van der Waals surface area contributed by atoms with Crippen LogP contribution >= 0.6 is 23.6 Å². The largest absolute Gasteiger partial charge is 0.357 e. The predicted molar refractivity (Wildman–Crippen MR) is 114 cm³/mol. The third-order valence-electron chi connectivity index (χ3n) is 5.43. The normalized spacial score (nSPS) is 17.4. The summed E-state index contributed by atoms with van der Waals surface area (Å²) in [5.41, 5.74) is 0. The van der Waals surface area contributed by atoms with Gasteiger partial charge < -0.3 is 0 Å². The van der Waals surface area contributed by atoms with Gasteiger partial charge in [-0.3, -0.25) is 4.79 Å². The number of urea groups is 1. The van der Waals surface area contributed by atoms with Crippen LogP contribution in [0.25, 0.3) is 0 Å². The first kappa shape index (κ1) is 24.6. The minimum atomic E-state index is -0.634. The lowest BCUT2D eigenvalue weighted by atomic mass is 10.0. The van der Waals surface area contributed by atoms with Gasteiger partial charge in [0.2, 0.25) is 0 Å². The Kier molecular flexibility index (Phi) is 14.0. The fourth-order valence-electron chi connectivity index (χ4n) is 3.66. The van der Waals surface area contributed by atoms with Gasteiger partial charge in [0.25, 0.3) is 5.91 Å². The van der Waals surface area contributed by atoms with E-state index in [9.17, 15) is 9.59 Å². The number of amides is 3. The number of halogens is 2. The van der Waals surface area contributed by atoms with Crippen molar-refractivity contribution in [3.63, 3.8) is 0 Å². The van der Waals surface area contributed by atoms with E-state index in [4.69, 9.17) is 23.6 Å². The molecule has 0 N–H and O–H groups in total. The Morgan fingerprint density at radius 1 is 0.667 bits per heavy atom. The summed E-state index contributed by atoms with van der Waals surface area (Å²) < 4.78 is 1.52. The Labute approximate surface area is 176 Å². The lowest BCUT2D eigenvalue weighted by molar-refractivity contribution is -0.124. The van der Waals surface area contributed by atoms with Crippen molar-refractivity contribution < 1.29 is 9.59 Å². The van der Waals surface area contributed by atoms with Crippen LogP contribution in [0.4, 0.5) is 4.79 Å². The number of hydrogen-bond donors (Lipinski definition) is 0. The number of carbonyl (C=O) groups is 2. The van der Waals surface area contributed by atoms with E-state index < -0.39 is 18.0 Å². The molecule has 0 saturated carbocycles. The predicted octanol–water partition coefficient (Wildman–Crippen LogP) is 7.58. The van der Waals surface area contributed by atoms with Crippen molar-refractivity contribution in [2.75, 3.05) is 0 Å². The fourth-order valence-corrected chi connectivity index (χ4v) is 4.15. The van der Waals surface area contributed by atoms with Gasteiger partial charge in [-0.2, -0.15) is 4.42 Å². The number of rotatable bonds is 17. The molecule has 0 aromatic heterocycles. The van der Waals surface area contributed by atoms with Crippen LogP contribution in [0.1, 0.15) is 116 Å². The molecule has 1 rings (SSSR count). The molecule has 0 spiro atoms. The highest BCUT2D eigenvalue weighted by molar-refractivity contribution is 6.38. The van der Waals surface area contributed by atoms with Gasteiger partial charge in [0.05, 0.1) is 0 Å². The summed E-state index contributed by atoms with van der Waals surface area (Å²) in [5.74, 6) is -0.405. The van der Waals surface area contributed by atoms with Gasteiger partial charge in [0.1, 0.15) is 6.04 Å². The number of hydrogen-bond acceptors (Lipinski definition) is 2. The van der Waals surface area contributed by atoms with Gasteiger partial charge >= 0.3 is 6.03 Å². The van der Waals surface area contributed by atoms with E-state index in [2.05, 4.69) is 6.92 Å². The maximum atomic E-state index is 11.8. The molecule has 1 atom stereocenters. The zero-order chi connectivity index (χ0) is 19.9. The first-order valence-electron chi connectivity index (χ1n) is 11.1. The number of imide groups is 1. The maximum Gasteiger partial charge on any atom is 0.357 e. The number of nitrogens with zero attached hydrogens (tertiary/aromatic N) is 2. The van der Waals surface area contributed by atoms with Crippen molar-refractivity contribution in [1.82, 2.24) is 8.84 Å². The Hall–Kier alpha value is -0.480. The summed E-state index contributed by atoms with van der Waals surface area (Å²) in [7, 11) is 0. The monoisotopic (exact) mass is 420 g/mol. The molecule has 1 unspecified atom stereocenters. The van der Waals surface area contributed by atoms with E-state index in [1.54, 1.807) is 0 Å². The molecular weight excluding hydrogens is 383 g/mol. The molecule has 1 aliphatic rings. The summed E-state index contributed by atoms with van der Waals surface area (Å²) in [4.78, 5) is 23.2. The van der Waals surface area contributed by atoms with E-state index in [0.29, 0.717) is 10.8 Å². The molecule has 1 aliphatic heterocycles. The van der Waals surface area contributed by atoms with Crippen LogP contribution in [-0.2, 0) is 4.79 Å². The van der Waals surface area contributed by atoms with E-state index in [1.165, 1.54) is 89.9 Å². The second-order valence-electron chi connectivity index (χ2n) is 7.82. The van der Waals surface area contributed by atoms with E-state index in [0.717, 1.165) is 17.3 Å². The summed E-state index contributed by atoms with van der Waals surface area (Å²) in [5, 5.41) is 0. The average Bonchev–Trinajstić information content (AvgIpc) is 2.85. The molecule has 1 fully saturated rings. The highest BCUT2D eigenvalue weighted by Gasteiger charge is 2.43. The Morgan fingerprint density at radius 2 is 1.04 bits per heavy atom. The molecule has 0 radical (unpaired) electrons. The quantitative estimate of drug-likeness (QED) is 0.138. The molecule has 0 aromatic rings. The second-order valence-corrected chi connectivity index (χ2v) is 8.52. The molecular formula is C21H38Cl2N2O2. The van der Waals surface area contributed by atoms with Crippen molar-refractivity contribution in [2.24, 2.45) is 0 Å². The minimum Gasteiger partial charge on any atom is -0.271 e. The number of carbonyl (C=O) groups excluding carboxylic acids is 2. The minimum absolute atomic E-state index is 0.405. The van der Waals surface area contributed by atoms with E-state index >= 15 is 0 Å². The molecule has 3 amide bonds. The van der Waals surface area contributed by atoms with Crippen LogP contribution in [0.2, 0.25) is 0 Å². The molecule has 4 nitrogen and oxygen atoms in total. The molecule has 1 saturated heterocycles. The van der Waals surface area contributed by atoms with Crippen molar-refractivity contribution in [3.8, 4) is 0 Å². The van der Waals surface area contributed by atoms with E-state index in [-0.39, 0.29) is 0 Å². The third-order valence-corrected chi connectivity index (χ3v) is 6.13. The van der Waals surface area contributed by atoms with Gasteiger partial charge in [0, 0.05) is 23.6 Å². The summed E-state index contributed by atoms with van der Waals surface area (Å²) in [6.45, 7) is 2.27. The molecule has 0 aliphatic carbocycles. The molecule has 1 heterocycles.